The SMILES string of the molecule is Cc1nc(NC(CCN)C(C)C)ccc1Br. The first-order valence-electron chi connectivity index (χ1n) is 5.64. The van der Waals surface area contributed by atoms with E-state index in [0.717, 1.165) is 22.4 Å². The van der Waals surface area contributed by atoms with Crippen LogP contribution < -0.4 is 11.1 Å². The zero-order chi connectivity index (χ0) is 12.1. The maximum absolute atomic E-state index is 5.61. The first-order valence-corrected chi connectivity index (χ1v) is 6.43. The van der Waals surface area contributed by atoms with Gasteiger partial charge in [-0.15, -0.1) is 0 Å². The van der Waals surface area contributed by atoms with Gasteiger partial charge in [0.05, 0.1) is 5.69 Å². The number of nitrogens with one attached hydrogen (secondary N) is 1. The van der Waals surface area contributed by atoms with Gasteiger partial charge in [0.15, 0.2) is 0 Å². The first kappa shape index (κ1) is 13.5. The van der Waals surface area contributed by atoms with Gasteiger partial charge in [0.1, 0.15) is 5.82 Å². The summed E-state index contributed by atoms with van der Waals surface area (Å²) in [5.74, 6) is 1.47. The molecule has 90 valence electrons. The molecule has 0 amide bonds. The lowest BCUT2D eigenvalue weighted by atomic mass is 10.0. The summed E-state index contributed by atoms with van der Waals surface area (Å²) in [6.07, 6.45) is 0.967. The zero-order valence-corrected chi connectivity index (χ0v) is 11.7. The molecule has 0 fully saturated rings. The highest BCUT2D eigenvalue weighted by molar-refractivity contribution is 9.10. The van der Waals surface area contributed by atoms with Gasteiger partial charge in [-0.05, 0) is 53.9 Å². The third kappa shape index (κ3) is 3.76. The summed E-state index contributed by atoms with van der Waals surface area (Å²) in [7, 11) is 0. The number of rotatable bonds is 5. The molecule has 1 atom stereocenters. The summed E-state index contributed by atoms with van der Waals surface area (Å²) in [6, 6.07) is 4.39. The van der Waals surface area contributed by atoms with Gasteiger partial charge < -0.3 is 11.1 Å². The molecule has 4 heteroatoms. The highest BCUT2D eigenvalue weighted by Crippen LogP contribution is 2.18. The number of hydrogen-bond donors (Lipinski definition) is 2. The molecule has 0 saturated carbocycles. The van der Waals surface area contributed by atoms with E-state index in [4.69, 9.17) is 5.73 Å². The van der Waals surface area contributed by atoms with E-state index in [1.807, 2.05) is 19.1 Å². The molecule has 0 saturated heterocycles. The van der Waals surface area contributed by atoms with E-state index in [1.165, 1.54) is 0 Å². The molecule has 0 aromatic carbocycles. The van der Waals surface area contributed by atoms with Gasteiger partial charge in [-0.3, -0.25) is 0 Å². The van der Waals surface area contributed by atoms with E-state index in [0.29, 0.717) is 18.5 Å². The van der Waals surface area contributed by atoms with Crippen molar-refractivity contribution >= 4 is 21.7 Å². The Morgan fingerprint density at radius 3 is 2.62 bits per heavy atom. The van der Waals surface area contributed by atoms with Crippen LogP contribution in [0.15, 0.2) is 16.6 Å². The topological polar surface area (TPSA) is 50.9 Å². The molecule has 3 N–H and O–H groups in total. The Balaban J connectivity index is 2.73. The average Bonchev–Trinajstić information content (AvgIpc) is 2.22. The molecule has 3 nitrogen and oxygen atoms in total. The van der Waals surface area contributed by atoms with Crippen LogP contribution in [0.3, 0.4) is 0 Å². The van der Waals surface area contributed by atoms with E-state index in [1.54, 1.807) is 0 Å². The Morgan fingerprint density at radius 1 is 1.44 bits per heavy atom. The van der Waals surface area contributed by atoms with Crippen molar-refractivity contribution < 1.29 is 0 Å². The van der Waals surface area contributed by atoms with E-state index < -0.39 is 0 Å². The number of nitrogens with zero attached hydrogens (tertiary/aromatic N) is 1. The van der Waals surface area contributed by atoms with Crippen molar-refractivity contribution in [2.75, 3.05) is 11.9 Å². The second-order valence-electron chi connectivity index (χ2n) is 4.34. The molecule has 0 aliphatic carbocycles. The lowest BCUT2D eigenvalue weighted by Crippen LogP contribution is -2.28. The minimum absolute atomic E-state index is 0.387. The predicted octanol–water partition coefficient (Wildman–Crippen LogP) is 2.94. The molecule has 0 bridgehead atoms. The number of halogens is 1. The third-order valence-corrected chi connectivity index (χ3v) is 3.48. The number of pyridine rings is 1. The monoisotopic (exact) mass is 285 g/mol. The number of aromatic nitrogens is 1. The smallest absolute Gasteiger partial charge is 0.126 e. The lowest BCUT2D eigenvalue weighted by molar-refractivity contribution is 0.497. The van der Waals surface area contributed by atoms with E-state index in [9.17, 15) is 0 Å². The average molecular weight is 286 g/mol. The molecule has 1 rings (SSSR count). The number of anilines is 1. The van der Waals surface area contributed by atoms with Crippen LogP contribution in [0.5, 0.6) is 0 Å². The Kier molecular flexibility index (Phi) is 5.22. The van der Waals surface area contributed by atoms with E-state index in [-0.39, 0.29) is 0 Å². The van der Waals surface area contributed by atoms with Crippen LogP contribution in [-0.2, 0) is 0 Å². The Morgan fingerprint density at radius 2 is 2.12 bits per heavy atom. The molecule has 1 unspecified atom stereocenters. The molecular weight excluding hydrogens is 266 g/mol. The molecule has 0 aliphatic rings. The van der Waals surface area contributed by atoms with Crippen molar-refractivity contribution in [1.29, 1.82) is 0 Å². The van der Waals surface area contributed by atoms with Crippen molar-refractivity contribution in [3.8, 4) is 0 Å². The van der Waals surface area contributed by atoms with Crippen molar-refractivity contribution in [3.63, 3.8) is 0 Å². The number of nitrogens with two attached hydrogens (primary N) is 1. The molecule has 0 radical (unpaired) electrons. The van der Waals surface area contributed by atoms with Crippen LogP contribution >= 0.6 is 15.9 Å². The van der Waals surface area contributed by atoms with Gasteiger partial charge in [0, 0.05) is 10.5 Å². The summed E-state index contributed by atoms with van der Waals surface area (Å²) in [6.45, 7) is 7.08. The largest absolute Gasteiger partial charge is 0.367 e. The number of hydrogen-bond acceptors (Lipinski definition) is 3. The summed E-state index contributed by atoms with van der Waals surface area (Å²) in [5.41, 5.74) is 6.61. The predicted molar refractivity (Wildman–Crippen MR) is 72.6 cm³/mol. The van der Waals surface area contributed by atoms with Crippen LogP contribution in [0.4, 0.5) is 5.82 Å². The van der Waals surface area contributed by atoms with Crippen LogP contribution in [0.2, 0.25) is 0 Å². The Labute approximate surface area is 106 Å². The summed E-state index contributed by atoms with van der Waals surface area (Å²) >= 11 is 3.44. The highest BCUT2D eigenvalue weighted by Gasteiger charge is 2.12. The van der Waals surface area contributed by atoms with Gasteiger partial charge in [-0.1, -0.05) is 13.8 Å². The summed E-state index contributed by atoms with van der Waals surface area (Å²) < 4.78 is 1.04. The van der Waals surface area contributed by atoms with Crippen molar-refractivity contribution in [1.82, 2.24) is 4.98 Å². The van der Waals surface area contributed by atoms with Crippen LogP contribution in [-0.4, -0.2) is 17.6 Å². The molecular formula is C12H20BrN3. The van der Waals surface area contributed by atoms with Gasteiger partial charge >= 0.3 is 0 Å². The summed E-state index contributed by atoms with van der Waals surface area (Å²) in [5, 5.41) is 3.44. The summed E-state index contributed by atoms with van der Waals surface area (Å²) in [4.78, 5) is 4.48. The van der Waals surface area contributed by atoms with Gasteiger partial charge in [0.2, 0.25) is 0 Å². The lowest BCUT2D eigenvalue weighted by Gasteiger charge is -2.22. The normalized spacial score (nSPS) is 12.9. The Hall–Kier alpha value is -0.610. The molecule has 1 aromatic heterocycles. The standard InChI is InChI=1S/C12H20BrN3/c1-8(2)11(6-7-14)16-12-5-4-10(13)9(3)15-12/h4-5,8,11H,6-7,14H2,1-3H3,(H,15,16). The van der Waals surface area contributed by atoms with Crippen molar-refractivity contribution in [2.24, 2.45) is 11.7 Å². The fraction of sp³-hybridized carbons (Fsp3) is 0.583. The van der Waals surface area contributed by atoms with Crippen LogP contribution in [0, 0.1) is 12.8 Å². The van der Waals surface area contributed by atoms with Gasteiger partial charge in [0.25, 0.3) is 0 Å². The molecule has 1 aromatic rings. The minimum Gasteiger partial charge on any atom is -0.367 e. The first-order chi connectivity index (χ1) is 7.54. The quantitative estimate of drug-likeness (QED) is 0.875. The second kappa shape index (κ2) is 6.21. The minimum atomic E-state index is 0.387. The van der Waals surface area contributed by atoms with Crippen LogP contribution in [0.1, 0.15) is 26.0 Å². The molecule has 0 spiro atoms. The fourth-order valence-electron chi connectivity index (χ4n) is 1.57. The van der Waals surface area contributed by atoms with Gasteiger partial charge in [-0.2, -0.15) is 0 Å². The van der Waals surface area contributed by atoms with E-state index in [2.05, 4.69) is 40.1 Å². The van der Waals surface area contributed by atoms with E-state index >= 15 is 0 Å². The maximum atomic E-state index is 5.61. The molecule has 16 heavy (non-hydrogen) atoms. The maximum Gasteiger partial charge on any atom is 0.126 e. The molecule has 1 heterocycles. The number of aryl methyl sites for hydroxylation is 1. The zero-order valence-electron chi connectivity index (χ0n) is 10.1. The second-order valence-corrected chi connectivity index (χ2v) is 5.19. The van der Waals surface area contributed by atoms with Gasteiger partial charge in [-0.25, -0.2) is 4.98 Å². The Bertz CT molecular complexity index is 339. The fourth-order valence-corrected chi connectivity index (χ4v) is 1.79. The van der Waals surface area contributed by atoms with Crippen molar-refractivity contribution in [3.05, 3.63) is 22.3 Å². The van der Waals surface area contributed by atoms with Crippen LogP contribution in [0.25, 0.3) is 0 Å². The van der Waals surface area contributed by atoms with Crippen molar-refractivity contribution in [2.45, 2.75) is 33.2 Å². The molecule has 0 aliphatic heterocycles. The third-order valence-electron chi connectivity index (χ3n) is 2.64. The highest BCUT2D eigenvalue weighted by atomic mass is 79.9.